The first kappa shape index (κ1) is 28.7. The van der Waals surface area contributed by atoms with E-state index in [1.807, 2.05) is 6.92 Å². The van der Waals surface area contributed by atoms with Gasteiger partial charge in [-0.15, -0.1) is 23.7 Å². The first-order chi connectivity index (χ1) is 16.8. The fraction of sp³-hybridized carbons (Fsp3) is 0.440. The molecule has 1 aliphatic heterocycles. The predicted octanol–water partition coefficient (Wildman–Crippen LogP) is 4.23. The third-order valence-corrected chi connectivity index (χ3v) is 9.21. The van der Waals surface area contributed by atoms with Crippen LogP contribution in [-0.2, 0) is 27.7 Å². The van der Waals surface area contributed by atoms with Gasteiger partial charge in [0.2, 0.25) is 5.91 Å². The van der Waals surface area contributed by atoms with Gasteiger partial charge in [0.1, 0.15) is 0 Å². The molecule has 0 atom stereocenters. The Labute approximate surface area is 227 Å². The molecule has 0 saturated carbocycles. The second-order valence-corrected chi connectivity index (χ2v) is 12.0. The summed E-state index contributed by atoms with van der Waals surface area (Å²) in [5.41, 5.74) is 1.24. The Morgan fingerprint density at radius 1 is 1.06 bits per heavy atom. The van der Waals surface area contributed by atoms with E-state index in [0.29, 0.717) is 18.1 Å². The minimum absolute atomic E-state index is 0. The Hall–Kier alpha value is -1.91. The van der Waals surface area contributed by atoms with Gasteiger partial charge in [-0.2, -0.15) is 0 Å². The van der Waals surface area contributed by atoms with Crippen LogP contribution in [0, 0.1) is 0 Å². The van der Waals surface area contributed by atoms with Crippen molar-refractivity contribution in [3.05, 3.63) is 57.3 Å². The summed E-state index contributed by atoms with van der Waals surface area (Å²) in [5.74, 6) is -0.302. The van der Waals surface area contributed by atoms with Crippen LogP contribution in [0.2, 0.25) is 5.02 Å². The Morgan fingerprint density at radius 3 is 2.44 bits per heavy atom. The number of hydrogen-bond donors (Lipinski definition) is 0. The quantitative estimate of drug-likeness (QED) is 0.406. The summed E-state index contributed by atoms with van der Waals surface area (Å²) in [6.45, 7) is 9.41. The van der Waals surface area contributed by atoms with Crippen molar-refractivity contribution in [2.45, 2.75) is 38.3 Å². The average Bonchev–Trinajstić information content (AvgIpc) is 3.23. The van der Waals surface area contributed by atoms with Gasteiger partial charge in [-0.1, -0.05) is 23.7 Å². The molecule has 36 heavy (non-hydrogen) atoms. The highest BCUT2D eigenvalue weighted by Gasteiger charge is 2.24. The smallest absolute Gasteiger partial charge is 0.223 e. The average molecular weight is 572 g/mol. The highest BCUT2D eigenvalue weighted by Crippen LogP contribution is 2.23. The summed E-state index contributed by atoms with van der Waals surface area (Å²) in [5, 5.41) is 4.47. The molecule has 1 amide bonds. The van der Waals surface area contributed by atoms with Crippen molar-refractivity contribution in [3.63, 3.8) is 0 Å². The molecule has 0 N–H and O–H groups in total. The van der Waals surface area contributed by atoms with Crippen LogP contribution >= 0.6 is 35.3 Å². The van der Waals surface area contributed by atoms with Crippen LogP contribution in [0.5, 0.6) is 0 Å². The lowest BCUT2D eigenvalue weighted by Crippen LogP contribution is -2.48. The van der Waals surface area contributed by atoms with E-state index in [2.05, 4.69) is 26.8 Å². The second-order valence-electron chi connectivity index (χ2n) is 8.61. The van der Waals surface area contributed by atoms with Gasteiger partial charge in [0.05, 0.1) is 10.6 Å². The summed E-state index contributed by atoms with van der Waals surface area (Å²) in [6.07, 6.45) is -0.0107. The van der Waals surface area contributed by atoms with E-state index in [1.165, 1.54) is 5.69 Å². The highest BCUT2D eigenvalue weighted by atomic mass is 35.5. The molecule has 196 valence electrons. The molecule has 1 aliphatic rings. The van der Waals surface area contributed by atoms with E-state index in [0.717, 1.165) is 48.3 Å². The van der Waals surface area contributed by atoms with Gasteiger partial charge in [-0.25, -0.2) is 8.42 Å². The number of rotatable bonds is 8. The number of fused-ring (bicyclic) bond motifs is 1. The summed E-state index contributed by atoms with van der Waals surface area (Å²) in [4.78, 5) is 22.8. The first-order valence-electron chi connectivity index (χ1n) is 11.9. The summed E-state index contributed by atoms with van der Waals surface area (Å²) in [7, 11) is -3.56. The van der Waals surface area contributed by atoms with Crippen LogP contribution in [0.15, 0.2) is 51.7 Å². The Kier molecular flexibility index (Phi) is 10.00. The zero-order valence-electron chi connectivity index (χ0n) is 20.5. The zero-order chi connectivity index (χ0) is 25.0. The SMILES string of the molecule is CC/N=c1\scc(CN2CCN(C(=O)CCS(=O)(=O)c3ccc4cc(Cl)ccc4c3)CC2)n1CC.Cl. The van der Waals surface area contributed by atoms with Crippen molar-refractivity contribution in [2.24, 2.45) is 4.99 Å². The van der Waals surface area contributed by atoms with E-state index in [1.54, 1.807) is 52.6 Å². The van der Waals surface area contributed by atoms with Crippen molar-refractivity contribution in [1.82, 2.24) is 14.4 Å². The van der Waals surface area contributed by atoms with Crippen LogP contribution in [0.1, 0.15) is 26.0 Å². The van der Waals surface area contributed by atoms with Crippen molar-refractivity contribution in [1.29, 1.82) is 0 Å². The number of hydrogen-bond acceptors (Lipinski definition) is 6. The number of thiazole rings is 1. The minimum Gasteiger partial charge on any atom is -0.340 e. The Bertz CT molecular complexity index is 1380. The minimum atomic E-state index is -3.56. The molecule has 4 rings (SSSR count). The maximum Gasteiger partial charge on any atom is 0.223 e. The molecular weight excluding hydrogens is 539 g/mol. The van der Waals surface area contributed by atoms with E-state index < -0.39 is 9.84 Å². The maximum atomic E-state index is 12.9. The van der Waals surface area contributed by atoms with Crippen LogP contribution < -0.4 is 4.80 Å². The summed E-state index contributed by atoms with van der Waals surface area (Å²) >= 11 is 7.68. The highest BCUT2D eigenvalue weighted by molar-refractivity contribution is 7.91. The lowest BCUT2D eigenvalue weighted by molar-refractivity contribution is -0.132. The fourth-order valence-electron chi connectivity index (χ4n) is 4.36. The molecule has 0 radical (unpaired) electrons. The van der Waals surface area contributed by atoms with E-state index in [9.17, 15) is 13.2 Å². The number of amides is 1. The molecule has 2 aromatic carbocycles. The van der Waals surface area contributed by atoms with Crippen molar-refractivity contribution in [2.75, 3.05) is 38.5 Å². The monoisotopic (exact) mass is 570 g/mol. The standard InChI is InChI=1S/C25H31ClN4O3S2.ClH/c1-3-27-25-30(4-2)22(18-34-25)17-28-10-12-29(13-11-28)24(31)9-14-35(32,33)23-8-6-19-15-21(26)7-5-20(19)16-23;/h5-8,15-16,18H,3-4,9-14,17H2,1-2H3;1H/b27-25-;. The number of halogens is 2. The van der Waals surface area contributed by atoms with E-state index in [4.69, 9.17) is 11.6 Å². The molecule has 1 aromatic heterocycles. The molecule has 7 nitrogen and oxygen atoms in total. The van der Waals surface area contributed by atoms with Gasteiger partial charge in [-0.05, 0) is 48.9 Å². The van der Waals surface area contributed by atoms with Crippen molar-refractivity contribution < 1.29 is 13.2 Å². The third kappa shape index (κ3) is 6.69. The van der Waals surface area contributed by atoms with E-state index in [-0.39, 0.29) is 35.4 Å². The molecule has 0 aliphatic carbocycles. The largest absolute Gasteiger partial charge is 0.340 e. The van der Waals surface area contributed by atoms with Crippen LogP contribution in [0.3, 0.4) is 0 Å². The van der Waals surface area contributed by atoms with Crippen LogP contribution in [-0.4, -0.2) is 67.2 Å². The Balaban J connectivity index is 0.00000361. The number of piperazine rings is 1. The number of carbonyl (C=O) groups excluding carboxylic acids is 1. The van der Waals surface area contributed by atoms with Gasteiger partial charge in [0.15, 0.2) is 14.6 Å². The van der Waals surface area contributed by atoms with Gasteiger partial charge in [0, 0.05) is 68.3 Å². The lowest BCUT2D eigenvalue weighted by Gasteiger charge is -2.34. The van der Waals surface area contributed by atoms with Crippen molar-refractivity contribution in [3.8, 4) is 0 Å². The third-order valence-electron chi connectivity index (χ3n) is 6.32. The normalized spacial score (nSPS) is 15.3. The van der Waals surface area contributed by atoms with Gasteiger partial charge < -0.3 is 9.47 Å². The summed E-state index contributed by atoms with van der Waals surface area (Å²) < 4.78 is 28.0. The molecular formula is C25H32Cl2N4O3S2. The zero-order valence-corrected chi connectivity index (χ0v) is 23.7. The first-order valence-corrected chi connectivity index (χ1v) is 14.8. The molecule has 2 heterocycles. The second kappa shape index (κ2) is 12.6. The molecule has 1 fully saturated rings. The molecule has 1 saturated heterocycles. The molecule has 0 bridgehead atoms. The topological polar surface area (TPSA) is 75.0 Å². The van der Waals surface area contributed by atoms with Gasteiger partial charge in [0.25, 0.3) is 0 Å². The van der Waals surface area contributed by atoms with Gasteiger partial charge >= 0.3 is 0 Å². The fourth-order valence-corrected chi connectivity index (χ4v) is 6.82. The van der Waals surface area contributed by atoms with Crippen molar-refractivity contribution >= 4 is 61.9 Å². The molecule has 0 spiro atoms. The Morgan fingerprint density at radius 2 is 1.75 bits per heavy atom. The predicted molar refractivity (Wildman–Crippen MR) is 149 cm³/mol. The number of nitrogens with zero attached hydrogens (tertiary/aromatic N) is 4. The van der Waals surface area contributed by atoms with Crippen LogP contribution in [0.4, 0.5) is 0 Å². The molecule has 0 unspecified atom stereocenters. The maximum absolute atomic E-state index is 12.9. The number of aromatic nitrogens is 1. The van der Waals surface area contributed by atoms with E-state index >= 15 is 0 Å². The number of benzene rings is 2. The molecule has 11 heteroatoms. The van der Waals surface area contributed by atoms with Crippen LogP contribution in [0.25, 0.3) is 10.8 Å². The summed E-state index contributed by atoms with van der Waals surface area (Å²) in [6, 6.07) is 10.3. The lowest BCUT2D eigenvalue weighted by atomic mass is 10.1. The number of carbonyl (C=O) groups is 1. The molecule has 3 aromatic rings. The number of sulfone groups is 1. The van der Waals surface area contributed by atoms with Gasteiger partial charge in [-0.3, -0.25) is 14.7 Å².